The van der Waals surface area contributed by atoms with Gasteiger partial charge in [-0.25, -0.2) is 9.18 Å². The number of aromatic carboxylic acids is 1. The topological polar surface area (TPSA) is 57.6 Å². The highest BCUT2D eigenvalue weighted by Crippen LogP contribution is 2.49. The standard InChI is InChI=1S/C24H19ClFNO3/c25-22-11-6-15(12-21(22)24(29)30)14-27(18-4-2-1-3-5-18)23(28)20-13-19(20)16-7-9-17(26)10-8-16/h1-12,19-20H,13-14H2,(H,29,30). The number of benzene rings is 3. The summed E-state index contributed by atoms with van der Waals surface area (Å²) >= 11 is 5.98. The van der Waals surface area contributed by atoms with Crippen LogP contribution in [0.3, 0.4) is 0 Å². The molecule has 0 heterocycles. The van der Waals surface area contributed by atoms with Crippen LogP contribution in [0.4, 0.5) is 10.1 Å². The summed E-state index contributed by atoms with van der Waals surface area (Å²) in [6, 6.07) is 20.3. The summed E-state index contributed by atoms with van der Waals surface area (Å²) in [6.45, 7) is 0.229. The Bertz CT molecular complexity index is 1090. The largest absolute Gasteiger partial charge is 0.478 e. The Kier molecular flexibility index (Phi) is 5.55. The Morgan fingerprint density at radius 2 is 1.73 bits per heavy atom. The molecule has 1 saturated carbocycles. The summed E-state index contributed by atoms with van der Waals surface area (Å²) in [7, 11) is 0. The molecule has 0 aliphatic heterocycles. The first-order chi connectivity index (χ1) is 14.4. The summed E-state index contributed by atoms with van der Waals surface area (Å²) in [5.41, 5.74) is 2.36. The predicted molar refractivity (Wildman–Crippen MR) is 113 cm³/mol. The lowest BCUT2D eigenvalue weighted by Crippen LogP contribution is -2.32. The molecule has 1 aliphatic carbocycles. The van der Waals surface area contributed by atoms with Gasteiger partial charge >= 0.3 is 5.97 Å². The first kappa shape index (κ1) is 20.1. The van der Waals surface area contributed by atoms with Crippen molar-refractivity contribution in [1.82, 2.24) is 0 Å². The molecule has 0 bridgehead atoms. The molecule has 1 aliphatic rings. The van der Waals surface area contributed by atoms with E-state index < -0.39 is 5.97 Å². The number of para-hydroxylation sites is 1. The molecular formula is C24H19ClFNO3. The minimum Gasteiger partial charge on any atom is -0.478 e. The van der Waals surface area contributed by atoms with Gasteiger partial charge in [0.1, 0.15) is 5.82 Å². The third kappa shape index (κ3) is 4.21. The van der Waals surface area contributed by atoms with Crippen LogP contribution in [-0.4, -0.2) is 17.0 Å². The number of nitrogens with zero attached hydrogens (tertiary/aromatic N) is 1. The van der Waals surface area contributed by atoms with Crippen molar-refractivity contribution in [1.29, 1.82) is 0 Å². The molecule has 4 nitrogen and oxygen atoms in total. The Morgan fingerprint density at radius 1 is 1.03 bits per heavy atom. The molecule has 152 valence electrons. The minimum absolute atomic E-state index is 0.00485. The van der Waals surface area contributed by atoms with Crippen molar-refractivity contribution in [2.75, 3.05) is 4.90 Å². The van der Waals surface area contributed by atoms with Crippen LogP contribution >= 0.6 is 11.6 Å². The van der Waals surface area contributed by atoms with Gasteiger partial charge < -0.3 is 10.0 Å². The van der Waals surface area contributed by atoms with Crippen molar-refractivity contribution >= 4 is 29.2 Å². The molecular weight excluding hydrogens is 405 g/mol. The lowest BCUT2D eigenvalue weighted by molar-refractivity contribution is -0.120. The number of carboxylic acids is 1. The molecule has 3 aromatic rings. The summed E-state index contributed by atoms with van der Waals surface area (Å²) in [4.78, 5) is 26.4. The lowest BCUT2D eigenvalue weighted by atomic mass is 10.1. The smallest absolute Gasteiger partial charge is 0.337 e. The fourth-order valence-corrected chi connectivity index (χ4v) is 3.87. The maximum atomic E-state index is 13.4. The van der Waals surface area contributed by atoms with E-state index in [2.05, 4.69) is 0 Å². The Hall–Kier alpha value is -3.18. The number of hydrogen-bond acceptors (Lipinski definition) is 2. The lowest BCUT2D eigenvalue weighted by Gasteiger charge is -2.24. The summed E-state index contributed by atoms with van der Waals surface area (Å²) < 4.78 is 13.2. The van der Waals surface area contributed by atoms with Gasteiger partial charge in [0.25, 0.3) is 0 Å². The fraction of sp³-hybridized carbons (Fsp3) is 0.167. The molecule has 6 heteroatoms. The van der Waals surface area contributed by atoms with E-state index in [1.54, 1.807) is 23.1 Å². The van der Waals surface area contributed by atoms with Gasteiger partial charge in [0.2, 0.25) is 5.91 Å². The van der Waals surface area contributed by atoms with E-state index in [9.17, 15) is 19.1 Å². The summed E-state index contributed by atoms with van der Waals surface area (Å²) in [5.74, 6) is -1.59. The van der Waals surface area contributed by atoms with Crippen molar-refractivity contribution in [2.24, 2.45) is 5.92 Å². The maximum Gasteiger partial charge on any atom is 0.337 e. The number of amides is 1. The van der Waals surface area contributed by atoms with E-state index in [0.29, 0.717) is 12.0 Å². The van der Waals surface area contributed by atoms with Crippen molar-refractivity contribution in [3.05, 3.63) is 100 Å². The number of carbonyl (C=O) groups is 2. The monoisotopic (exact) mass is 423 g/mol. The summed E-state index contributed by atoms with van der Waals surface area (Å²) in [6.07, 6.45) is 0.703. The highest BCUT2D eigenvalue weighted by molar-refractivity contribution is 6.33. The molecule has 1 fully saturated rings. The average molecular weight is 424 g/mol. The molecule has 4 rings (SSSR count). The van der Waals surface area contributed by atoms with Crippen molar-refractivity contribution in [3.8, 4) is 0 Å². The molecule has 30 heavy (non-hydrogen) atoms. The van der Waals surface area contributed by atoms with Gasteiger partial charge in [-0.05, 0) is 59.9 Å². The number of anilines is 1. The fourth-order valence-electron chi connectivity index (χ4n) is 3.67. The van der Waals surface area contributed by atoms with E-state index in [0.717, 1.165) is 11.3 Å². The van der Waals surface area contributed by atoms with Crippen LogP contribution in [0.1, 0.15) is 33.8 Å². The number of hydrogen-bond donors (Lipinski definition) is 1. The quantitative estimate of drug-likeness (QED) is 0.568. The van der Waals surface area contributed by atoms with Gasteiger partial charge in [-0.1, -0.05) is 48.0 Å². The summed E-state index contributed by atoms with van der Waals surface area (Å²) in [5, 5.41) is 9.49. The zero-order chi connectivity index (χ0) is 21.3. The van der Waals surface area contributed by atoms with Crippen LogP contribution in [0.25, 0.3) is 0 Å². The third-order valence-corrected chi connectivity index (χ3v) is 5.67. The number of rotatable bonds is 6. The van der Waals surface area contributed by atoms with Crippen molar-refractivity contribution in [2.45, 2.75) is 18.9 Å². The predicted octanol–water partition coefficient (Wildman–Crippen LogP) is 5.51. The average Bonchev–Trinajstić information content (AvgIpc) is 3.54. The van der Waals surface area contributed by atoms with E-state index >= 15 is 0 Å². The van der Waals surface area contributed by atoms with Gasteiger partial charge in [0, 0.05) is 11.6 Å². The van der Waals surface area contributed by atoms with Gasteiger partial charge in [-0.2, -0.15) is 0 Å². The van der Waals surface area contributed by atoms with Crippen molar-refractivity contribution < 1.29 is 19.1 Å². The third-order valence-electron chi connectivity index (χ3n) is 5.34. The molecule has 0 spiro atoms. The molecule has 0 aromatic heterocycles. The number of halogens is 2. The van der Waals surface area contributed by atoms with Gasteiger partial charge in [0.15, 0.2) is 0 Å². The van der Waals surface area contributed by atoms with E-state index in [1.807, 2.05) is 30.3 Å². The van der Waals surface area contributed by atoms with Crippen LogP contribution in [0, 0.1) is 11.7 Å². The van der Waals surface area contributed by atoms with Crippen LogP contribution in [0.5, 0.6) is 0 Å². The number of carbonyl (C=O) groups excluding carboxylic acids is 1. The van der Waals surface area contributed by atoms with E-state index in [1.165, 1.54) is 24.3 Å². The number of carboxylic acid groups (broad SMARTS) is 1. The minimum atomic E-state index is -1.11. The first-order valence-electron chi connectivity index (χ1n) is 9.57. The molecule has 1 amide bonds. The Morgan fingerprint density at radius 3 is 2.40 bits per heavy atom. The van der Waals surface area contributed by atoms with E-state index in [4.69, 9.17) is 11.6 Å². The molecule has 0 saturated heterocycles. The van der Waals surface area contributed by atoms with Crippen molar-refractivity contribution in [3.63, 3.8) is 0 Å². The first-order valence-corrected chi connectivity index (χ1v) is 9.95. The Balaban J connectivity index is 1.60. The van der Waals surface area contributed by atoms with Gasteiger partial charge in [-0.15, -0.1) is 0 Å². The molecule has 1 N–H and O–H groups in total. The second-order valence-electron chi connectivity index (χ2n) is 7.38. The van der Waals surface area contributed by atoms with Crippen LogP contribution < -0.4 is 4.90 Å². The molecule has 2 atom stereocenters. The SMILES string of the molecule is O=C(O)c1cc(CN(C(=O)C2CC2c2ccc(F)cc2)c2ccccc2)ccc1Cl. The second kappa shape index (κ2) is 8.28. The van der Waals surface area contributed by atoms with Gasteiger partial charge in [0.05, 0.1) is 17.1 Å². The zero-order valence-electron chi connectivity index (χ0n) is 16.0. The highest BCUT2D eigenvalue weighted by Gasteiger charge is 2.46. The molecule has 2 unspecified atom stereocenters. The maximum absolute atomic E-state index is 13.4. The Labute approximate surface area is 178 Å². The molecule has 3 aromatic carbocycles. The molecule has 0 radical (unpaired) electrons. The normalized spacial score (nSPS) is 17.4. The van der Waals surface area contributed by atoms with Crippen LogP contribution in [0.2, 0.25) is 5.02 Å². The second-order valence-corrected chi connectivity index (χ2v) is 7.79. The zero-order valence-corrected chi connectivity index (χ0v) is 16.7. The van der Waals surface area contributed by atoms with E-state index in [-0.39, 0.29) is 40.7 Å². The van der Waals surface area contributed by atoms with Crippen LogP contribution in [0.15, 0.2) is 72.8 Å². The van der Waals surface area contributed by atoms with Gasteiger partial charge in [-0.3, -0.25) is 4.79 Å². The highest BCUT2D eigenvalue weighted by atomic mass is 35.5. The van der Waals surface area contributed by atoms with Crippen LogP contribution in [-0.2, 0) is 11.3 Å².